The summed E-state index contributed by atoms with van der Waals surface area (Å²) in [4.78, 5) is 26.3. The highest BCUT2D eigenvalue weighted by atomic mass is 19.1. The smallest absolute Gasteiger partial charge is 0.269 e. The molecule has 13 heteroatoms. The fraction of sp³-hybridized carbons (Fsp3) is 0.391. The minimum Gasteiger partial charge on any atom is -0.494 e. The van der Waals surface area contributed by atoms with Gasteiger partial charge in [-0.05, 0) is 13.8 Å². The molecule has 0 spiro atoms. The number of carbonyl (C=O) groups excluding carboxylic acids is 1. The molecule has 2 aromatic rings. The highest BCUT2D eigenvalue weighted by Crippen LogP contribution is 2.32. The number of aliphatic imine (C=N–C) groups is 1. The van der Waals surface area contributed by atoms with Gasteiger partial charge in [0.2, 0.25) is 0 Å². The van der Waals surface area contributed by atoms with E-state index in [0.29, 0.717) is 13.1 Å². The van der Waals surface area contributed by atoms with Gasteiger partial charge in [0.25, 0.3) is 11.9 Å². The van der Waals surface area contributed by atoms with Crippen LogP contribution in [0.1, 0.15) is 19.4 Å². The Labute approximate surface area is 207 Å². The predicted molar refractivity (Wildman–Crippen MR) is 128 cm³/mol. The van der Waals surface area contributed by atoms with E-state index in [1.165, 1.54) is 32.7 Å². The first kappa shape index (κ1) is 26.6. The molecule has 0 bridgehead atoms. The minimum atomic E-state index is -0.908. The van der Waals surface area contributed by atoms with E-state index in [1.807, 2.05) is 13.8 Å². The van der Waals surface area contributed by atoms with Crippen molar-refractivity contribution in [1.82, 2.24) is 20.2 Å². The van der Waals surface area contributed by atoms with E-state index in [0.717, 1.165) is 6.07 Å². The molecule has 2 heterocycles. The number of nitrogens with zero attached hydrogens (tertiary/aromatic N) is 4. The number of carbonyl (C=O) groups is 1. The van der Waals surface area contributed by atoms with Crippen molar-refractivity contribution in [2.24, 2.45) is 16.5 Å². The molecule has 0 unspecified atom stereocenters. The monoisotopic (exact) mass is 505 g/mol. The summed E-state index contributed by atoms with van der Waals surface area (Å²) in [5.41, 5.74) is 11.4. The Bertz CT molecular complexity index is 1120. The number of ether oxygens (including phenoxy) is 3. The van der Waals surface area contributed by atoms with Crippen LogP contribution in [0.15, 0.2) is 35.2 Å². The van der Waals surface area contributed by atoms with Crippen molar-refractivity contribution >= 4 is 17.7 Å². The molecule has 1 fully saturated rings. The summed E-state index contributed by atoms with van der Waals surface area (Å²) in [5.74, 6) is -2.50. The maximum atomic E-state index is 14.5. The van der Waals surface area contributed by atoms with E-state index in [4.69, 9.17) is 25.7 Å². The zero-order valence-electron chi connectivity index (χ0n) is 20.4. The average Bonchev–Trinajstić information content (AvgIpc) is 2.84. The summed E-state index contributed by atoms with van der Waals surface area (Å²) < 4.78 is 44.2. The summed E-state index contributed by atoms with van der Waals surface area (Å²) in [6.45, 7) is 4.54. The van der Waals surface area contributed by atoms with Gasteiger partial charge in [-0.1, -0.05) is 0 Å². The summed E-state index contributed by atoms with van der Waals surface area (Å²) in [7, 11) is 2.51. The summed E-state index contributed by atoms with van der Waals surface area (Å²) >= 11 is 0. The molecule has 11 nitrogen and oxygen atoms in total. The van der Waals surface area contributed by atoms with Crippen LogP contribution in [0.25, 0.3) is 0 Å². The second-order valence-electron chi connectivity index (χ2n) is 8.21. The van der Waals surface area contributed by atoms with Crippen molar-refractivity contribution in [1.29, 1.82) is 0 Å². The van der Waals surface area contributed by atoms with Gasteiger partial charge in [-0.2, -0.15) is 4.99 Å². The van der Waals surface area contributed by atoms with Crippen LogP contribution in [0.5, 0.6) is 17.2 Å². The summed E-state index contributed by atoms with van der Waals surface area (Å²) in [6.07, 6.45) is 3.76. The zero-order valence-corrected chi connectivity index (χ0v) is 20.4. The minimum absolute atomic E-state index is 0.0267. The summed E-state index contributed by atoms with van der Waals surface area (Å²) in [6, 6.07) is 1.39. The van der Waals surface area contributed by atoms with Gasteiger partial charge in [0.15, 0.2) is 28.9 Å². The van der Waals surface area contributed by atoms with Crippen LogP contribution < -0.4 is 31.0 Å². The van der Waals surface area contributed by atoms with E-state index in [9.17, 15) is 13.6 Å². The highest BCUT2D eigenvalue weighted by molar-refractivity contribution is 6.02. The number of nitrogens with two attached hydrogens (primary N) is 2. The Morgan fingerprint density at radius 3 is 2.22 bits per heavy atom. The van der Waals surface area contributed by atoms with E-state index in [1.54, 1.807) is 4.90 Å². The molecule has 1 aromatic carbocycles. The second kappa shape index (κ2) is 11.6. The van der Waals surface area contributed by atoms with Crippen LogP contribution >= 0.6 is 0 Å². The largest absolute Gasteiger partial charge is 0.494 e. The van der Waals surface area contributed by atoms with Gasteiger partial charge in [0.1, 0.15) is 18.1 Å². The number of nitrogens with one attached hydrogen (secondary N) is 1. The molecule has 1 aliphatic heterocycles. The van der Waals surface area contributed by atoms with Gasteiger partial charge in [-0.15, -0.1) is 0 Å². The molecule has 0 aliphatic carbocycles. The van der Waals surface area contributed by atoms with Crippen molar-refractivity contribution < 1.29 is 27.8 Å². The van der Waals surface area contributed by atoms with E-state index in [2.05, 4.69) is 20.3 Å². The number of piperazine rings is 1. The number of methoxy groups -OCH3 is 2. The van der Waals surface area contributed by atoms with Crippen molar-refractivity contribution in [3.63, 3.8) is 0 Å². The van der Waals surface area contributed by atoms with E-state index in [-0.39, 0.29) is 58.3 Å². The number of amides is 1. The van der Waals surface area contributed by atoms with Crippen LogP contribution in [0, 0.1) is 11.6 Å². The third kappa shape index (κ3) is 6.36. The number of benzene rings is 1. The Kier molecular flexibility index (Phi) is 8.59. The predicted octanol–water partition coefficient (Wildman–Crippen LogP) is 1.39. The third-order valence-electron chi connectivity index (χ3n) is 5.29. The number of amidine groups is 1. The Balaban J connectivity index is 1.66. The molecule has 1 aromatic heterocycles. The first-order valence-corrected chi connectivity index (χ1v) is 11.0. The van der Waals surface area contributed by atoms with Crippen LogP contribution in [0.3, 0.4) is 0 Å². The molecule has 36 heavy (non-hydrogen) atoms. The number of hydrogen-bond acceptors (Lipinski definition) is 9. The van der Waals surface area contributed by atoms with Gasteiger partial charge in [-0.25, -0.2) is 18.7 Å². The van der Waals surface area contributed by atoms with Gasteiger partial charge >= 0.3 is 0 Å². The highest BCUT2D eigenvalue weighted by Gasteiger charge is 2.26. The molecular formula is C23H29F2N7O4. The second-order valence-corrected chi connectivity index (χ2v) is 8.21. The average molecular weight is 506 g/mol. The van der Waals surface area contributed by atoms with Crippen LogP contribution in [-0.4, -0.2) is 66.0 Å². The number of rotatable bonds is 8. The fourth-order valence-electron chi connectivity index (χ4n) is 3.70. The molecule has 1 aliphatic rings. The van der Waals surface area contributed by atoms with Gasteiger partial charge in [0, 0.05) is 37.3 Å². The lowest BCUT2D eigenvalue weighted by molar-refractivity contribution is -0.128. The van der Waals surface area contributed by atoms with Crippen molar-refractivity contribution in [2.75, 3.05) is 27.3 Å². The maximum Gasteiger partial charge on any atom is 0.269 e. The molecular weight excluding hydrogens is 476 g/mol. The lowest BCUT2D eigenvalue weighted by Crippen LogP contribution is -2.56. The Morgan fingerprint density at radius 1 is 1.14 bits per heavy atom. The Morgan fingerprint density at radius 2 is 1.69 bits per heavy atom. The van der Waals surface area contributed by atoms with Crippen LogP contribution in [0.4, 0.5) is 14.7 Å². The van der Waals surface area contributed by atoms with E-state index >= 15 is 0 Å². The third-order valence-corrected chi connectivity index (χ3v) is 5.29. The first-order chi connectivity index (χ1) is 17.1. The summed E-state index contributed by atoms with van der Waals surface area (Å²) in [5, 5.41) is 3.34. The molecule has 1 amide bonds. The number of hydrogen-bond donors (Lipinski definition) is 3. The molecule has 2 atom stereocenters. The molecule has 5 N–H and O–H groups in total. The molecule has 0 saturated carbocycles. The fourth-order valence-corrected chi connectivity index (χ4v) is 3.70. The quantitative estimate of drug-likeness (QED) is 0.275. The van der Waals surface area contributed by atoms with Gasteiger partial charge < -0.3 is 35.9 Å². The Hall–Kier alpha value is -4.00. The van der Waals surface area contributed by atoms with Crippen molar-refractivity contribution in [3.05, 3.63) is 47.4 Å². The van der Waals surface area contributed by atoms with Crippen molar-refractivity contribution in [2.45, 2.75) is 32.5 Å². The van der Waals surface area contributed by atoms with E-state index < -0.39 is 18.2 Å². The lowest BCUT2D eigenvalue weighted by Gasteiger charge is -2.36. The number of aromatic nitrogens is 2. The lowest BCUT2D eigenvalue weighted by atomic mass is 10.1. The van der Waals surface area contributed by atoms with Crippen LogP contribution in [0.2, 0.25) is 0 Å². The normalized spacial score (nSPS) is 18.7. The van der Waals surface area contributed by atoms with Crippen molar-refractivity contribution in [3.8, 4) is 17.2 Å². The standard InChI is InChI=1S/C23H29F2N7O4/c1-12-9-32(10-13(2)30-12)22(33)16(26)5-19(27)31-23-28-7-14(8-29-23)36-11-15-20(24)17(34-3)6-18(35-4)21(15)25/h5-8,12-13,30H,9-11,26H2,1-4H3,(H2,27,28,29,31)/b16-5-/t12-,13+. The molecule has 1 saturated heterocycles. The van der Waals surface area contributed by atoms with Gasteiger partial charge in [-0.3, -0.25) is 4.79 Å². The first-order valence-electron chi connectivity index (χ1n) is 11.0. The number of halogens is 2. The SMILES string of the molecule is COc1cc(OC)c(F)c(COc2cnc(/N=C(N)\C=C(/N)C(=O)N3C[C@@H](C)N[C@@H](C)C3)nc2)c1F. The molecule has 3 rings (SSSR count). The molecule has 194 valence electrons. The van der Waals surface area contributed by atoms with Crippen LogP contribution in [-0.2, 0) is 11.4 Å². The van der Waals surface area contributed by atoms with Gasteiger partial charge in [0.05, 0.1) is 32.2 Å². The molecule has 0 radical (unpaired) electrons. The topological polar surface area (TPSA) is 150 Å². The maximum absolute atomic E-state index is 14.5. The zero-order chi connectivity index (χ0) is 26.4.